The molecule has 0 aliphatic heterocycles. The van der Waals surface area contributed by atoms with Crippen LogP contribution in [0.25, 0.3) is 0 Å². The minimum absolute atomic E-state index is 0.385. The average molecular weight is 252 g/mol. The zero-order chi connectivity index (χ0) is 14.4. The Morgan fingerprint density at radius 3 is 1.78 bits per heavy atom. The van der Waals surface area contributed by atoms with Crippen molar-refractivity contribution in [3.8, 4) is 0 Å². The molecule has 18 heavy (non-hydrogen) atoms. The van der Waals surface area contributed by atoms with Crippen LogP contribution in [0.2, 0.25) is 0 Å². The normalized spacial score (nSPS) is 12.4. The Kier molecular flexibility index (Phi) is 13.7. The van der Waals surface area contributed by atoms with Crippen molar-refractivity contribution in [3.63, 3.8) is 0 Å². The van der Waals surface area contributed by atoms with Crippen LogP contribution in [0.15, 0.2) is 30.3 Å². The maximum Gasteiger partial charge on any atom is 0.0351 e. The van der Waals surface area contributed by atoms with Gasteiger partial charge in [-0.05, 0) is 23.8 Å². The fourth-order valence-electron chi connectivity index (χ4n) is 1.92. The largest absolute Gasteiger partial charge is 0.388 e. The lowest BCUT2D eigenvalue weighted by atomic mass is 9.77. The average Bonchev–Trinajstić information content (AvgIpc) is 2.43. The molecule has 1 nitrogen and oxygen atoms in total. The second-order valence-electron chi connectivity index (χ2n) is 4.44. The lowest BCUT2D eigenvalue weighted by Crippen LogP contribution is -2.20. The zero-order valence-corrected chi connectivity index (χ0v) is 13.4. The van der Waals surface area contributed by atoms with Gasteiger partial charge < -0.3 is 4.74 Å². The van der Waals surface area contributed by atoms with Gasteiger partial charge in [0.25, 0.3) is 0 Å². The van der Waals surface area contributed by atoms with Crippen molar-refractivity contribution < 1.29 is 4.74 Å². The van der Waals surface area contributed by atoms with Gasteiger partial charge in [-0.1, -0.05) is 71.4 Å². The molecule has 0 N–H and O–H groups in total. The summed E-state index contributed by atoms with van der Waals surface area (Å²) in [4.78, 5) is 0. The van der Waals surface area contributed by atoms with E-state index < -0.39 is 0 Å². The summed E-state index contributed by atoms with van der Waals surface area (Å²) in [5.41, 5.74) is 1.87. The van der Waals surface area contributed by atoms with Gasteiger partial charge in [0.2, 0.25) is 0 Å². The molecule has 0 amide bonds. The maximum atomic E-state index is 4.25. The number of rotatable bonds is 4. The maximum absolute atomic E-state index is 4.25. The highest BCUT2D eigenvalue weighted by Gasteiger charge is 2.22. The monoisotopic (exact) mass is 252 g/mol. The first-order valence-electron chi connectivity index (χ1n) is 7.10. The van der Waals surface area contributed by atoms with Gasteiger partial charge in [0.15, 0.2) is 0 Å². The Bertz CT molecular complexity index is 256. The standard InChI is InChI=1S/C13H20.C2H6O.C2H6/c1-4-11-13(3,5-2)12-9-7-6-8-10-12;1-3-2;1-2/h6-10H,4-5,11H2,1-3H3;1-2H3;1-2H3. The van der Waals surface area contributed by atoms with Crippen LogP contribution in [0.4, 0.5) is 0 Å². The Hall–Kier alpha value is -0.820. The third-order valence-electron chi connectivity index (χ3n) is 3.05. The first-order chi connectivity index (χ1) is 8.64. The van der Waals surface area contributed by atoms with E-state index >= 15 is 0 Å². The molecule has 1 heteroatoms. The molecule has 0 bridgehead atoms. The van der Waals surface area contributed by atoms with Gasteiger partial charge in [-0.15, -0.1) is 0 Å². The van der Waals surface area contributed by atoms with Gasteiger partial charge in [0.1, 0.15) is 0 Å². The van der Waals surface area contributed by atoms with Crippen molar-refractivity contribution in [1.29, 1.82) is 0 Å². The zero-order valence-electron chi connectivity index (χ0n) is 13.4. The molecule has 0 saturated heterocycles. The van der Waals surface area contributed by atoms with Gasteiger partial charge in [-0.25, -0.2) is 0 Å². The summed E-state index contributed by atoms with van der Waals surface area (Å²) in [5, 5.41) is 0. The summed E-state index contributed by atoms with van der Waals surface area (Å²) < 4.78 is 4.25. The number of hydrogen-bond donors (Lipinski definition) is 0. The Labute approximate surface area is 115 Å². The van der Waals surface area contributed by atoms with Gasteiger partial charge in [0.05, 0.1) is 0 Å². The third-order valence-corrected chi connectivity index (χ3v) is 3.05. The minimum atomic E-state index is 0.385. The second-order valence-corrected chi connectivity index (χ2v) is 4.44. The highest BCUT2D eigenvalue weighted by atomic mass is 16.4. The number of benzene rings is 1. The van der Waals surface area contributed by atoms with Crippen molar-refractivity contribution in [2.75, 3.05) is 14.2 Å². The molecule has 1 atom stereocenters. The first kappa shape index (κ1) is 19.5. The molecule has 0 radical (unpaired) electrons. The fourth-order valence-corrected chi connectivity index (χ4v) is 1.92. The summed E-state index contributed by atoms with van der Waals surface area (Å²) >= 11 is 0. The van der Waals surface area contributed by atoms with Crippen LogP contribution in [0.5, 0.6) is 0 Å². The van der Waals surface area contributed by atoms with Crippen LogP contribution in [0.1, 0.15) is 59.4 Å². The minimum Gasteiger partial charge on any atom is -0.388 e. The molecule has 1 rings (SSSR count). The predicted molar refractivity (Wildman–Crippen MR) is 83.3 cm³/mol. The third kappa shape index (κ3) is 7.50. The quantitative estimate of drug-likeness (QED) is 0.693. The van der Waals surface area contributed by atoms with E-state index in [2.05, 4.69) is 55.8 Å². The Morgan fingerprint density at radius 1 is 1.00 bits per heavy atom. The van der Waals surface area contributed by atoms with Crippen molar-refractivity contribution in [1.82, 2.24) is 0 Å². The van der Waals surface area contributed by atoms with Gasteiger partial charge in [-0.2, -0.15) is 0 Å². The molecular weight excluding hydrogens is 220 g/mol. The number of ether oxygens (including phenoxy) is 1. The summed E-state index contributed by atoms with van der Waals surface area (Å²) in [5.74, 6) is 0. The molecule has 0 heterocycles. The molecule has 0 fully saturated rings. The topological polar surface area (TPSA) is 9.23 Å². The van der Waals surface area contributed by atoms with Crippen LogP contribution in [0.3, 0.4) is 0 Å². The Morgan fingerprint density at radius 2 is 1.44 bits per heavy atom. The van der Waals surface area contributed by atoms with E-state index in [9.17, 15) is 0 Å². The van der Waals surface area contributed by atoms with Crippen LogP contribution >= 0.6 is 0 Å². The van der Waals surface area contributed by atoms with Gasteiger partial charge >= 0.3 is 0 Å². The smallest absolute Gasteiger partial charge is 0.0351 e. The molecule has 1 aromatic rings. The molecule has 0 aliphatic carbocycles. The van der Waals surface area contributed by atoms with Crippen molar-refractivity contribution in [2.45, 2.75) is 59.3 Å². The van der Waals surface area contributed by atoms with Crippen LogP contribution in [0, 0.1) is 0 Å². The molecule has 0 spiro atoms. The first-order valence-corrected chi connectivity index (χ1v) is 7.10. The van der Waals surface area contributed by atoms with E-state index in [0.717, 1.165) is 0 Å². The molecule has 0 aliphatic rings. The summed E-state index contributed by atoms with van der Waals surface area (Å²) in [6.45, 7) is 10.9. The van der Waals surface area contributed by atoms with Gasteiger partial charge in [-0.3, -0.25) is 0 Å². The molecular formula is C17H32O. The summed E-state index contributed by atoms with van der Waals surface area (Å²) in [6, 6.07) is 10.9. The van der Waals surface area contributed by atoms with Crippen molar-refractivity contribution in [2.24, 2.45) is 0 Å². The number of hydrogen-bond acceptors (Lipinski definition) is 1. The molecule has 1 unspecified atom stereocenters. The predicted octanol–water partition coefficient (Wildman–Crippen LogP) is 5.44. The lowest BCUT2D eigenvalue weighted by Gasteiger charge is -2.28. The number of methoxy groups -OCH3 is 1. The van der Waals surface area contributed by atoms with Crippen LogP contribution in [-0.4, -0.2) is 14.2 Å². The molecule has 1 aromatic carbocycles. The van der Waals surface area contributed by atoms with E-state index in [4.69, 9.17) is 0 Å². The Balaban J connectivity index is 0. The van der Waals surface area contributed by atoms with Gasteiger partial charge in [0, 0.05) is 14.2 Å². The van der Waals surface area contributed by atoms with E-state index in [1.807, 2.05) is 13.8 Å². The van der Waals surface area contributed by atoms with Crippen LogP contribution < -0.4 is 0 Å². The van der Waals surface area contributed by atoms with Crippen molar-refractivity contribution in [3.05, 3.63) is 35.9 Å². The van der Waals surface area contributed by atoms with Crippen LogP contribution in [-0.2, 0) is 10.2 Å². The van der Waals surface area contributed by atoms with Crippen molar-refractivity contribution >= 4 is 0 Å². The van der Waals surface area contributed by atoms with E-state index in [0.29, 0.717) is 5.41 Å². The fraction of sp³-hybridized carbons (Fsp3) is 0.647. The SMILES string of the molecule is CC.CCCC(C)(CC)c1ccccc1.COC. The molecule has 0 aromatic heterocycles. The highest BCUT2D eigenvalue weighted by molar-refractivity contribution is 5.23. The van der Waals surface area contributed by atoms with E-state index in [-0.39, 0.29) is 0 Å². The summed E-state index contributed by atoms with van der Waals surface area (Å²) in [6.07, 6.45) is 3.78. The second kappa shape index (κ2) is 12.6. The molecule has 106 valence electrons. The highest BCUT2D eigenvalue weighted by Crippen LogP contribution is 2.31. The summed E-state index contributed by atoms with van der Waals surface area (Å²) in [7, 11) is 3.25. The van der Waals surface area contributed by atoms with E-state index in [1.54, 1.807) is 14.2 Å². The molecule has 0 saturated carbocycles. The van der Waals surface area contributed by atoms with E-state index in [1.165, 1.54) is 24.8 Å². The lowest BCUT2D eigenvalue weighted by molar-refractivity contribution is 0.277.